The van der Waals surface area contributed by atoms with E-state index in [1.807, 2.05) is 56.3 Å². The summed E-state index contributed by atoms with van der Waals surface area (Å²) in [6, 6.07) is 14.8. The third kappa shape index (κ3) is 11.9. The number of nitrogens with zero attached hydrogens (tertiary/aromatic N) is 2. The molecule has 0 aliphatic carbocycles. The number of nitriles is 1. The molecule has 0 saturated heterocycles. The molecule has 244 valence electrons. The van der Waals surface area contributed by atoms with Gasteiger partial charge in [0.2, 0.25) is 11.8 Å². The number of carbonyl (C=O) groups excluding carboxylic acids is 4. The zero-order chi connectivity index (χ0) is 33.9. The fourth-order valence-electron chi connectivity index (χ4n) is 4.65. The van der Waals surface area contributed by atoms with Crippen LogP contribution in [0, 0.1) is 24.2 Å². The molecule has 45 heavy (non-hydrogen) atoms. The maximum Gasteiger partial charge on any atom is 0.408 e. The van der Waals surface area contributed by atoms with Crippen molar-refractivity contribution in [2.75, 3.05) is 6.54 Å². The Balaban J connectivity index is 2.60. The van der Waals surface area contributed by atoms with Crippen LogP contribution in [0.4, 0.5) is 4.79 Å². The second-order valence-corrected chi connectivity index (χ2v) is 13.2. The first-order chi connectivity index (χ1) is 21.0. The summed E-state index contributed by atoms with van der Waals surface area (Å²) in [6.07, 6.45) is -0.127. The number of carbonyl (C=O) groups is 4. The molecule has 2 rings (SSSR count). The van der Waals surface area contributed by atoms with Crippen LogP contribution in [0.15, 0.2) is 54.6 Å². The minimum absolute atomic E-state index is 0.143. The Morgan fingerprint density at radius 2 is 1.53 bits per heavy atom. The Kier molecular flexibility index (Phi) is 13.1. The molecule has 0 aliphatic rings. The summed E-state index contributed by atoms with van der Waals surface area (Å²) in [6.45, 7) is 15.4. The molecule has 0 heterocycles. The first kappa shape index (κ1) is 36.8. The van der Waals surface area contributed by atoms with E-state index in [0.29, 0.717) is 12.0 Å². The van der Waals surface area contributed by atoms with Crippen LogP contribution in [0.5, 0.6) is 0 Å². The first-order valence-electron chi connectivity index (χ1n) is 15.3. The Morgan fingerprint density at radius 1 is 0.911 bits per heavy atom. The molecule has 3 amide bonds. The van der Waals surface area contributed by atoms with E-state index < -0.39 is 59.7 Å². The van der Waals surface area contributed by atoms with E-state index in [1.165, 1.54) is 0 Å². The third-order valence-electron chi connectivity index (χ3n) is 6.88. The van der Waals surface area contributed by atoms with Gasteiger partial charge in [-0.1, -0.05) is 80.4 Å². The summed E-state index contributed by atoms with van der Waals surface area (Å²) in [7, 11) is 0. The molecule has 0 spiro atoms. The first-order valence-corrected chi connectivity index (χ1v) is 15.3. The Morgan fingerprint density at radius 3 is 2.07 bits per heavy atom. The Labute approximate surface area is 267 Å². The zero-order valence-corrected chi connectivity index (χ0v) is 28.0. The number of nitrogens with one attached hydrogen (secondary N) is 2. The largest absolute Gasteiger partial charge is 0.458 e. The van der Waals surface area contributed by atoms with Crippen LogP contribution in [0.25, 0.3) is 0 Å². The van der Waals surface area contributed by atoms with Crippen molar-refractivity contribution in [3.63, 3.8) is 0 Å². The molecule has 0 saturated carbocycles. The molecular formula is C35H48N4O6. The Bertz CT molecular complexity index is 1360. The number of aryl methyl sites for hydroxylation is 1. The van der Waals surface area contributed by atoms with E-state index in [2.05, 4.69) is 10.6 Å². The SMILES string of the molecule is CCC(C)C(NC(=O)OC(C)(C)C)C(=O)N(CC#N)C(C(=O)NC(Cc1ccccc1)C(=O)OC(C)(C)C)c1cccc(C)c1. The summed E-state index contributed by atoms with van der Waals surface area (Å²) < 4.78 is 11.1. The minimum atomic E-state index is -1.30. The molecule has 2 aromatic carbocycles. The van der Waals surface area contributed by atoms with Crippen molar-refractivity contribution < 1.29 is 28.7 Å². The number of esters is 1. The van der Waals surface area contributed by atoms with Gasteiger partial charge in [0.25, 0.3) is 0 Å². The van der Waals surface area contributed by atoms with Gasteiger partial charge < -0.3 is 25.0 Å². The lowest BCUT2D eigenvalue weighted by atomic mass is 9.95. The van der Waals surface area contributed by atoms with Gasteiger partial charge >= 0.3 is 12.1 Å². The second-order valence-electron chi connectivity index (χ2n) is 13.2. The van der Waals surface area contributed by atoms with Crippen LogP contribution in [0.3, 0.4) is 0 Å². The van der Waals surface area contributed by atoms with Gasteiger partial charge in [0, 0.05) is 6.42 Å². The van der Waals surface area contributed by atoms with Crippen molar-refractivity contribution >= 4 is 23.9 Å². The number of benzene rings is 2. The Hall–Kier alpha value is -4.39. The fourth-order valence-corrected chi connectivity index (χ4v) is 4.65. The van der Waals surface area contributed by atoms with Crippen LogP contribution in [-0.2, 0) is 30.3 Å². The standard InChI is InChI=1S/C35H48N4O6/c1-10-24(3)28(38-33(43)45-35(7,8)9)31(41)39(20-19-36)29(26-18-14-15-23(2)21-26)30(40)37-27(32(42)44-34(4,5)6)22-25-16-12-11-13-17-25/h11-18,21,24,27-29H,10,20,22H2,1-9H3,(H,37,40)(H,38,43). The average Bonchev–Trinajstić information content (AvgIpc) is 2.93. The molecule has 10 heteroatoms. The van der Waals surface area contributed by atoms with Crippen molar-refractivity contribution in [3.8, 4) is 6.07 Å². The number of ether oxygens (including phenoxy) is 2. The molecule has 0 aromatic heterocycles. The zero-order valence-electron chi connectivity index (χ0n) is 28.0. The van der Waals surface area contributed by atoms with Gasteiger partial charge in [0.05, 0.1) is 6.07 Å². The van der Waals surface area contributed by atoms with E-state index in [4.69, 9.17) is 9.47 Å². The van der Waals surface area contributed by atoms with Crippen LogP contribution in [0.2, 0.25) is 0 Å². The van der Waals surface area contributed by atoms with Crippen molar-refractivity contribution in [2.24, 2.45) is 5.92 Å². The highest BCUT2D eigenvalue weighted by Gasteiger charge is 2.39. The predicted molar refractivity (Wildman–Crippen MR) is 172 cm³/mol. The van der Waals surface area contributed by atoms with Crippen LogP contribution in [-0.4, -0.2) is 58.6 Å². The summed E-state index contributed by atoms with van der Waals surface area (Å²) in [5.41, 5.74) is 0.446. The normalized spacial score (nSPS) is 14.1. The lowest BCUT2D eigenvalue weighted by molar-refractivity contribution is -0.159. The molecule has 0 radical (unpaired) electrons. The highest BCUT2D eigenvalue weighted by Crippen LogP contribution is 2.26. The van der Waals surface area contributed by atoms with Crippen LogP contribution < -0.4 is 10.6 Å². The fraction of sp³-hybridized carbons (Fsp3) is 0.514. The van der Waals surface area contributed by atoms with Gasteiger partial charge in [-0.2, -0.15) is 5.26 Å². The second kappa shape index (κ2) is 16.1. The third-order valence-corrected chi connectivity index (χ3v) is 6.88. The molecule has 2 aromatic rings. The average molecular weight is 621 g/mol. The van der Waals surface area contributed by atoms with Gasteiger partial charge in [-0.3, -0.25) is 9.59 Å². The molecule has 2 N–H and O–H groups in total. The highest BCUT2D eigenvalue weighted by molar-refractivity contribution is 5.94. The van der Waals surface area contributed by atoms with Crippen molar-refractivity contribution in [1.29, 1.82) is 5.26 Å². The molecule has 4 atom stereocenters. The highest BCUT2D eigenvalue weighted by atomic mass is 16.6. The van der Waals surface area contributed by atoms with Crippen molar-refractivity contribution in [2.45, 2.75) is 104 Å². The van der Waals surface area contributed by atoms with Gasteiger partial charge in [0.1, 0.15) is 35.9 Å². The van der Waals surface area contributed by atoms with E-state index in [9.17, 15) is 24.4 Å². The summed E-state index contributed by atoms with van der Waals surface area (Å²) in [4.78, 5) is 55.9. The lowest BCUT2D eigenvalue weighted by Crippen LogP contribution is -2.56. The predicted octanol–water partition coefficient (Wildman–Crippen LogP) is 5.40. The number of hydrogen-bond donors (Lipinski definition) is 2. The smallest absolute Gasteiger partial charge is 0.408 e. The van der Waals surface area contributed by atoms with Crippen LogP contribution in [0.1, 0.15) is 84.5 Å². The lowest BCUT2D eigenvalue weighted by Gasteiger charge is -2.35. The molecule has 10 nitrogen and oxygen atoms in total. The molecule has 4 unspecified atom stereocenters. The maximum absolute atomic E-state index is 14.3. The van der Waals surface area contributed by atoms with Gasteiger partial charge in [-0.05, 0) is 65.5 Å². The summed E-state index contributed by atoms with van der Waals surface area (Å²) >= 11 is 0. The van der Waals surface area contributed by atoms with Crippen LogP contribution >= 0.6 is 0 Å². The van der Waals surface area contributed by atoms with E-state index in [-0.39, 0.29) is 12.3 Å². The molecule has 0 aliphatic heterocycles. The molecular weight excluding hydrogens is 572 g/mol. The van der Waals surface area contributed by atoms with Gasteiger partial charge in [0.15, 0.2) is 0 Å². The van der Waals surface area contributed by atoms with E-state index in [1.54, 1.807) is 66.7 Å². The number of amides is 3. The number of hydrogen-bond acceptors (Lipinski definition) is 7. The topological polar surface area (TPSA) is 138 Å². The summed E-state index contributed by atoms with van der Waals surface area (Å²) in [5.74, 6) is -2.29. The van der Waals surface area contributed by atoms with E-state index >= 15 is 0 Å². The molecule has 0 bridgehead atoms. The maximum atomic E-state index is 14.3. The van der Waals surface area contributed by atoms with Crippen molar-refractivity contribution in [1.82, 2.24) is 15.5 Å². The number of rotatable bonds is 12. The van der Waals surface area contributed by atoms with Gasteiger partial charge in [-0.25, -0.2) is 9.59 Å². The van der Waals surface area contributed by atoms with E-state index in [0.717, 1.165) is 16.0 Å². The van der Waals surface area contributed by atoms with Gasteiger partial charge in [-0.15, -0.1) is 0 Å². The van der Waals surface area contributed by atoms with Crippen molar-refractivity contribution in [3.05, 3.63) is 71.3 Å². The monoisotopic (exact) mass is 620 g/mol. The molecule has 0 fully saturated rings. The quantitative estimate of drug-likeness (QED) is 0.239. The number of alkyl carbamates (subject to hydrolysis) is 1. The minimum Gasteiger partial charge on any atom is -0.458 e. The summed E-state index contributed by atoms with van der Waals surface area (Å²) in [5, 5.41) is 15.4.